The van der Waals surface area contributed by atoms with Gasteiger partial charge in [0.05, 0.1) is 6.07 Å². The molecule has 2 N–H and O–H groups in total. The SMILES string of the molecule is N#CC1(N)CCCN(c2ccc(F)cc2)C1. The van der Waals surface area contributed by atoms with Gasteiger partial charge in [-0.3, -0.25) is 0 Å². The summed E-state index contributed by atoms with van der Waals surface area (Å²) >= 11 is 0. The van der Waals surface area contributed by atoms with Crippen molar-refractivity contribution in [3.8, 4) is 6.07 Å². The molecule has 1 unspecified atom stereocenters. The normalized spacial score (nSPS) is 25.2. The van der Waals surface area contributed by atoms with Crippen LogP contribution in [0.25, 0.3) is 0 Å². The van der Waals surface area contributed by atoms with Crippen LogP contribution in [-0.2, 0) is 0 Å². The van der Waals surface area contributed by atoms with Gasteiger partial charge in [-0.05, 0) is 37.1 Å². The minimum Gasteiger partial charge on any atom is -0.369 e. The van der Waals surface area contributed by atoms with Crippen molar-refractivity contribution in [2.45, 2.75) is 18.4 Å². The van der Waals surface area contributed by atoms with Crippen LogP contribution in [0.5, 0.6) is 0 Å². The van der Waals surface area contributed by atoms with Gasteiger partial charge in [0.15, 0.2) is 0 Å². The number of nitriles is 1. The van der Waals surface area contributed by atoms with Crippen molar-refractivity contribution in [2.75, 3.05) is 18.0 Å². The van der Waals surface area contributed by atoms with Gasteiger partial charge in [-0.25, -0.2) is 4.39 Å². The number of halogens is 1. The van der Waals surface area contributed by atoms with E-state index in [1.54, 1.807) is 12.1 Å². The predicted octanol–water partition coefficient (Wildman–Crippen LogP) is 1.65. The third-order valence-electron chi connectivity index (χ3n) is 2.94. The molecule has 1 aromatic rings. The lowest BCUT2D eigenvalue weighted by Gasteiger charge is -2.37. The molecule has 16 heavy (non-hydrogen) atoms. The third kappa shape index (κ3) is 2.15. The van der Waals surface area contributed by atoms with E-state index in [1.807, 2.05) is 4.90 Å². The topological polar surface area (TPSA) is 53.1 Å². The van der Waals surface area contributed by atoms with Gasteiger partial charge >= 0.3 is 0 Å². The summed E-state index contributed by atoms with van der Waals surface area (Å²) in [4.78, 5) is 2.03. The van der Waals surface area contributed by atoms with Crippen molar-refractivity contribution in [1.29, 1.82) is 5.26 Å². The van der Waals surface area contributed by atoms with Gasteiger partial charge in [-0.1, -0.05) is 0 Å². The number of piperidine rings is 1. The van der Waals surface area contributed by atoms with Crippen LogP contribution in [0, 0.1) is 17.1 Å². The molecule has 0 saturated carbocycles. The fourth-order valence-corrected chi connectivity index (χ4v) is 2.05. The molecule has 1 aliphatic rings. The van der Waals surface area contributed by atoms with Crippen molar-refractivity contribution in [2.24, 2.45) is 5.73 Å². The standard InChI is InChI=1S/C12H14FN3/c13-10-2-4-11(5-3-10)16-7-1-6-12(15,8-14)9-16/h2-5H,1,6-7,9,15H2. The number of anilines is 1. The minimum absolute atomic E-state index is 0.250. The average Bonchev–Trinajstić information content (AvgIpc) is 2.30. The number of rotatable bonds is 1. The Kier molecular flexibility index (Phi) is 2.80. The summed E-state index contributed by atoms with van der Waals surface area (Å²) in [7, 11) is 0. The van der Waals surface area contributed by atoms with Crippen LogP contribution in [0.15, 0.2) is 24.3 Å². The Hall–Kier alpha value is -1.60. The van der Waals surface area contributed by atoms with Crippen LogP contribution in [0.3, 0.4) is 0 Å². The van der Waals surface area contributed by atoms with Crippen LogP contribution in [-0.4, -0.2) is 18.6 Å². The Morgan fingerprint density at radius 1 is 1.38 bits per heavy atom. The Bertz CT molecular complexity index is 409. The first-order chi connectivity index (χ1) is 7.63. The third-order valence-corrected chi connectivity index (χ3v) is 2.94. The fourth-order valence-electron chi connectivity index (χ4n) is 2.05. The van der Waals surface area contributed by atoms with Gasteiger partial charge in [-0.2, -0.15) is 5.26 Å². The highest BCUT2D eigenvalue weighted by Gasteiger charge is 2.31. The Morgan fingerprint density at radius 2 is 2.06 bits per heavy atom. The van der Waals surface area contributed by atoms with E-state index in [2.05, 4.69) is 6.07 Å². The second-order valence-corrected chi connectivity index (χ2v) is 4.27. The minimum atomic E-state index is -0.771. The summed E-state index contributed by atoms with van der Waals surface area (Å²) in [5, 5.41) is 9.00. The van der Waals surface area contributed by atoms with Gasteiger partial charge < -0.3 is 10.6 Å². The fraction of sp³-hybridized carbons (Fsp3) is 0.417. The number of hydrogen-bond acceptors (Lipinski definition) is 3. The maximum Gasteiger partial charge on any atom is 0.123 e. The second-order valence-electron chi connectivity index (χ2n) is 4.27. The molecule has 0 aliphatic carbocycles. The molecule has 1 saturated heterocycles. The Morgan fingerprint density at radius 3 is 2.69 bits per heavy atom. The molecule has 1 aromatic carbocycles. The van der Waals surface area contributed by atoms with E-state index in [4.69, 9.17) is 11.0 Å². The van der Waals surface area contributed by atoms with Crippen LogP contribution < -0.4 is 10.6 Å². The predicted molar refractivity (Wildman–Crippen MR) is 60.4 cm³/mol. The van der Waals surface area contributed by atoms with Gasteiger partial charge in [0.1, 0.15) is 11.4 Å². The van der Waals surface area contributed by atoms with Gasteiger partial charge in [0.2, 0.25) is 0 Å². The van der Waals surface area contributed by atoms with Crippen LogP contribution in [0.2, 0.25) is 0 Å². The molecule has 84 valence electrons. The number of nitrogens with two attached hydrogens (primary N) is 1. The zero-order valence-corrected chi connectivity index (χ0v) is 8.99. The highest BCUT2D eigenvalue weighted by atomic mass is 19.1. The lowest BCUT2D eigenvalue weighted by atomic mass is 9.91. The number of nitrogens with zero attached hydrogens (tertiary/aromatic N) is 2. The molecule has 0 spiro atoms. The average molecular weight is 219 g/mol. The smallest absolute Gasteiger partial charge is 0.123 e. The summed E-state index contributed by atoms with van der Waals surface area (Å²) in [6.07, 6.45) is 1.61. The van der Waals surface area contributed by atoms with Crippen LogP contribution in [0.1, 0.15) is 12.8 Å². The molecular formula is C12H14FN3. The molecule has 0 bridgehead atoms. The molecule has 1 fully saturated rings. The summed E-state index contributed by atoms with van der Waals surface area (Å²) in [6.45, 7) is 1.38. The number of benzene rings is 1. The first-order valence-corrected chi connectivity index (χ1v) is 5.34. The lowest BCUT2D eigenvalue weighted by molar-refractivity contribution is 0.424. The highest BCUT2D eigenvalue weighted by Crippen LogP contribution is 2.24. The molecule has 4 heteroatoms. The summed E-state index contributed by atoms with van der Waals surface area (Å²) in [5.41, 5.74) is 6.09. The van der Waals surface area contributed by atoms with Crippen LogP contribution >= 0.6 is 0 Å². The zero-order chi connectivity index (χ0) is 11.6. The first kappa shape index (κ1) is 10.9. The van der Waals surface area contributed by atoms with Crippen molar-refractivity contribution in [1.82, 2.24) is 0 Å². The molecule has 3 nitrogen and oxygen atoms in total. The van der Waals surface area contributed by atoms with Gasteiger partial charge in [0.25, 0.3) is 0 Å². The zero-order valence-electron chi connectivity index (χ0n) is 8.99. The Balaban J connectivity index is 2.16. The quantitative estimate of drug-likeness (QED) is 0.781. The molecule has 1 heterocycles. The van der Waals surface area contributed by atoms with E-state index in [-0.39, 0.29) is 5.82 Å². The van der Waals surface area contributed by atoms with Crippen molar-refractivity contribution in [3.05, 3.63) is 30.1 Å². The highest BCUT2D eigenvalue weighted by molar-refractivity contribution is 5.48. The van der Waals surface area contributed by atoms with Crippen molar-refractivity contribution < 1.29 is 4.39 Å². The van der Waals surface area contributed by atoms with E-state index in [0.717, 1.165) is 25.1 Å². The second kappa shape index (κ2) is 4.11. The van der Waals surface area contributed by atoms with E-state index in [0.29, 0.717) is 6.54 Å². The molecule has 1 atom stereocenters. The van der Waals surface area contributed by atoms with Crippen molar-refractivity contribution in [3.63, 3.8) is 0 Å². The summed E-state index contributed by atoms with van der Waals surface area (Å²) < 4.78 is 12.8. The van der Waals surface area contributed by atoms with Crippen molar-refractivity contribution >= 4 is 5.69 Å². The maximum atomic E-state index is 12.8. The van der Waals surface area contributed by atoms with E-state index in [9.17, 15) is 4.39 Å². The van der Waals surface area contributed by atoms with E-state index in [1.165, 1.54) is 12.1 Å². The molecule has 0 radical (unpaired) electrons. The monoisotopic (exact) mass is 219 g/mol. The molecule has 0 amide bonds. The first-order valence-electron chi connectivity index (χ1n) is 5.34. The summed E-state index contributed by atoms with van der Waals surface area (Å²) in [5.74, 6) is -0.250. The lowest BCUT2D eigenvalue weighted by Crippen LogP contribution is -2.53. The van der Waals surface area contributed by atoms with E-state index >= 15 is 0 Å². The molecule has 1 aliphatic heterocycles. The van der Waals surface area contributed by atoms with Crippen LogP contribution in [0.4, 0.5) is 10.1 Å². The van der Waals surface area contributed by atoms with Gasteiger partial charge in [-0.15, -0.1) is 0 Å². The maximum absolute atomic E-state index is 12.8. The number of hydrogen-bond donors (Lipinski definition) is 1. The molecule has 2 rings (SSSR count). The largest absolute Gasteiger partial charge is 0.369 e. The van der Waals surface area contributed by atoms with Gasteiger partial charge in [0, 0.05) is 18.8 Å². The summed E-state index contributed by atoms with van der Waals surface area (Å²) in [6, 6.07) is 8.45. The Labute approximate surface area is 94.3 Å². The molecule has 0 aromatic heterocycles. The van der Waals surface area contributed by atoms with E-state index < -0.39 is 5.54 Å². The molecular weight excluding hydrogens is 205 g/mol.